The fraction of sp³-hybridized carbons (Fsp3) is 0. The normalized spacial score (nSPS) is 11.5. The second-order valence-electron chi connectivity index (χ2n) is 7.16. The van der Waals surface area contributed by atoms with Crippen molar-refractivity contribution in [2.24, 2.45) is 0 Å². The van der Waals surface area contributed by atoms with Gasteiger partial charge >= 0.3 is 0 Å². The molecule has 142 valence electrons. The molecule has 0 spiro atoms. The maximum atomic E-state index is 5.22. The van der Waals surface area contributed by atoms with Crippen LogP contribution in [0.5, 0.6) is 0 Å². The summed E-state index contributed by atoms with van der Waals surface area (Å²) >= 11 is 3.53. The Morgan fingerprint density at radius 3 is 2.23 bits per heavy atom. The van der Waals surface area contributed by atoms with Gasteiger partial charge in [0.25, 0.3) is 0 Å². The van der Waals surface area contributed by atoms with Crippen molar-refractivity contribution in [3.05, 3.63) is 89.4 Å². The Balaban J connectivity index is 1.82. The molecule has 0 aliphatic heterocycles. The number of rotatable bonds is 2. The molecule has 0 aliphatic carbocycles. The molecule has 2 aromatic heterocycles. The zero-order chi connectivity index (χ0) is 20.1. The highest BCUT2D eigenvalue weighted by Gasteiger charge is 2.19. The second kappa shape index (κ2) is 6.75. The Labute approximate surface area is 180 Å². The minimum atomic E-state index is 0.753. The van der Waals surface area contributed by atoms with Crippen molar-refractivity contribution < 1.29 is 4.63 Å². The average molecular weight is 452 g/mol. The fourth-order valence-corrected chi connectivity index (χ4v) is 4.29. The maximum absolute atomic E-state index is 5.22. The van der Waals surface area contributed by atoms with Gasteiger partial charge in [0.15, 0.2) is 0 Å². The molecule has 2 heterocycles. The highest BCUT2D eigenvalue weighted by molar-refractivity contribution is 9.10. The van der Waals surface area contributed by atoms with Crippen LogP contribution >= 0.6 is 15.9 Å². The Morgan fingerprint density at radius 2 is 1.40 bits per heavy atom. The van der Waals surface area contributed by atoms with E-state index in [4.69, 9.17) is 9.61 Å². The first-order chi connectivity index (χ1) is 14.8. The third kappa shape index (κ3) is 2.63. The number of benzene rings is 4. The molecule has 0 unspecified atom stereocenters. The van der Waals surface area contributed by atoms with Gasteiger partial charge in [-0.1, -0.05) is 76.6 Å². The van der Waals surface area contributed by atoms with Crippen LogP contribution in [0.4, 0.5) is 0 Å². The van der Waals surface area contributed by atoms with Crippen LogP contribution < -0.4 is 0 Å². The minimum Gasteiger partial charge on any atom is -0.247 e. The number of hydrogen-bond acceptors (Lipinski definition) is 4. The topological polar surface area (TPSA) is 51.8 Å². The van der Waals surface area contributed by atoms with Crippen molar-refractivity contribution in [2.45, 2.75) is 0 Å². The van der Waals surface area contributed by atoms with Crippen LogP contribution in [0.25, 0.3) is 55.1 Å². The average Bonchev–Trinajstić information content (AvgIpc) is 3.29. The third-order valence-electron chi connectivity index (χ3n) is 5.40. The Morgan fingerprint density at radius 1 is 0.667 bits per heavy atom. The van der Waals surface area contributed by atoms with E-state index in [1.54, 1.807) is 0 Å². The number of pyridine rings is 1. The van der Waals surface area contributed by atoms with E-state index in [2.05, 4.69) is 62.6 Å². The van der Waals surface area contributed by atoms with Crippen LogP contribution in [0, 0.1) is 0 Å². The largest absolute Gasteiger partial charge is 0.247 e. The summed E-state index contributed by atoms with van der Waals surface area (Å²) in [6, 6.07) is 28.7. The lowest BCUT2D eigenvalue weighted by atomic mass is 9.94. The first-order valence-electron chi connectivity index (χ1n) is 9.59. The van der Waals surface area contributed by atoms with Crippen LogP contribution in [0.15, 0.2) is 94.0 Å². The Bertz CT molecular complexity index is 1540. The Kier molecular flexibility index (Phi) is 3.89. The number of fused-ring (bicyclic) bond motifs is 5. The number of para-hydroxylation sites is 1. The summed E-state index contributed by atoms with van der Waals surface area (Å²) in [6.45, 7) is 0. The van der Waals surface area contributed by atoms with E-state index in [-0.39, 0.29) is 0 Å². The summed E-state index contributed by atoms with van der Waals surface area (Å²) < 4.78 is 6.25. The third-order valence-corrected chi connectivity index (χ3v) is 5.93. The van der Waals surface area contributed by atoms with Crippen molar-refractivity contribution in [1.29, 1.82) is 0 Å². The predicted molar refractivity (Wildman–Crippen MR) is 123 cm³/mol. The van der Waals surface area contributed by atoms with Crippen LogP contribution in [-0.2, 0) is 0 Å². The van der Waals surface area contributed by atoms with Gasteiger partial charge < -0.3 is 0 Å². The molecule has 30 heavy (non-hydrogen) atoms. The molecule has 6 rings (SSSR count). The highest BCUT2D eigenvalue weighted by Crippen LogP contribution is 2.40. The van der Waals surface area contributed by atoms with E-state index >= 15 is 0 Å². The molecule has 5 heteroatoms. The summed E-state index contributed by atoms with van der Waals surface area (Å²) in [5, 5.41) is 11.6. The molecular weight excluding hydrogens is 438 g/mol. The van der Waals surface area contributed by atoms with E-state index in [0.29, 0.717) is 0 Å². The van der Waals surface area contributed by atoms with E-state index in [1.807, 2.05) is 48.5 Å². The lowest BCUT2D eigenvalue weighted by molar-refractivity contribution is 0.316. The molecule has 0 bridgehead atoms. The monoisotopic (exact) mass is 451 g/mol. The summed E-state index contributed by atoms with van der Waals surface area (Å²) in [4.78, 5) is 5.04. The quantitative estimate of drug-likeness (QED) is 0.265. The van der Waals surface area contributed by atoms with Crippen LogP contribution in [-0.4, -0.2) is 15.3 Å². The van der Waals surface area contributed by atoms with Gasteiger partial charge in [0.05, 0.1) is 11.2 Å². The SMILES string of the molecule is Brc1ccc(-c2nc3ccccc3c3c2cc(-c2ccccc2)c2nonc23)cc1. The van der Waals surface area contributed by atoms with Gasteiger partial charge in [-0.05, 0) is 40.1 Å². The van der Waals surface area contributed by atoms with E-state index < -0.39 is 0 Å². The van der Waals surface area contributed by atoms with Gasteiger partial charge in [-0.25, -0.2) is 9.61 Å². The molecule has 0 atom stereocenters. The van der Waals surface area contributed by atoms with Crippen molar-refractivity contribution >= 4 is 48.6 Å². The molecule has 4 nitrogen and oxygen atoms in total. The number of hydrogen-bond donors (Lipinski definition) is 0. The van der Waals surface area contributed by atoms with Crippen molar-refractivity contribution in [3.63, 3.8) is 0 Å². The lowest BCUT2D eigenvalue weighted by Gasteiger charge is -2.12. The number of nitrogens with zero attached hydrogens (tertiary/aromatic N) is 3. The number of aromatic nitrogens is 3. The molecule has 4 aromatic carbocycles. The van der Waals surface area contributed by atoms with Gasteiger partial charge in [0.1, 0.15) is 11.0 Å². The standard InChI is InChI=1S/C25H14BrN3O/c26-17-12-10-16(11-13-17)23-20-14-19(15-6-2-1-3-7-15)24-25(29-30-28-24)22(20)18-8-4-5-9-21(18)27-23/h1-14H. The summed E-state index contributed by atoms with van der Waals surface area (Å²) in [6.07, 6.45) is 0. The molecular formula is C25H14BrN3O. The molecule has 0 fully saturated rings. The smallest absolute Gasteiger partial charge is 0.144 e. The van der Waals surface area contributed by atoms with Gasteiger partial charge in [-0.2, -0.15) is 0 Å². The molecule has 0 saturated carbocycles. The fourth-order valence-electron chi connectivity index (χ4n) is 4.03. The summed E-state index contributed by atoms with van der Waals surface area (Å²) in [7, 11) is 0. The van der Waals surface area contributed by atoms with E-state index in [1.165, 1.54) is 0 Å². The van der Waals surface area contributed by atoms with Gasteiger partial charge in [0.2, 0.25) is 0 Å². The first kappa shape index (κ1) is 17.3. The zero-order valence-corrected chi connectivity index (χ0v) is 17.3. The Hall–Kier alpha value is -3.57. The van der Waals surface area contributed by atoms with Gasteiger partial charge in [-0.15, -0.1) is 0 Å². The first-order valence-corrected chi connectivity index (χ1v) is 10.4. The summed E-state index contributed by atoms with van der Waals surface area (Å²) in [5.41, 5.74) is 6.43. The zero-order valence-electron chi connectivity index (χ0n) is 15.7. The lowest BCUT2D eigenvalue weighted by Crippen LogP contribution is -1.92. The highest BCUT2D eigenvalue weighted by atomic mass is 79.9. The summed E-state index contributed by atoms with van der Waals surface area (Å²) in [5.74, 6) is 0. The maximum Gasteiger partial charge on any atom is 0.144 e. The molecule has 0 aliphatic rings. The van der Waals surface area contributed by atoms with Gasteiger partial charge in [-0.3, -0.25) is 0 Å². The predicted octanol–water partition coefficient (Wildman–Crippen LogP) is 7.02. The van der Waals surface area contributed by atoms with E-state index in [0.717, 1.165) is 59.6 Å². The molecule has 0 N–H and O–H groups in total. The van der Waals surface area contributed by atoms with Gasteiger partial charge in [0, 0.05) is 31.8 Å². The second-order valence-corrected chi connectivity index (χ2v) is 8.07. The molecule has 0 amide bonds. The van der Waals surface area contributed by atoms with Crippen LogP contribution in [0.2, 0.25) is 0 Å². The van der Waals surface area contributed by atoms with Crippen molar-refractivity contribution in [1.82, 2.24) is 15.3 Å². The minimum absolute atomic E-state index is 0.753. The van der Waals surface area contributed by atoms with Crippen LogP contribution in [0.1, 0.15) is 0 Å². The van der Waals surface area contributed by atoms with Crippen LogP contribution in [0.3, 0.4) is 0 Å². The van der Waals surface area contributed by atoms with Crippen molar-refractivity contribution in [3.8, 4) is 22.4 Å². The number of halogens is 1. The van der Waals surface area contributed by atoms with Crippen molar-refractivity contribution in [2.75, 3.05) is 0 Å². The molecule has 0 radical (unpaired) electrons. The molecule has 6 aromatic rings. The van der Waals surface area contributed by atoms with E-state index in [9.17, 15) is 0 Å². The molecule has 0 saturated heterocycles.